The monoisotopic (exact) mass is 414 g/mol. The quantitative estimate of drug-likeness (QED) is 0.516. The van der Waals surface area contributed by atoms with Crippen LogP contribution in [-0.4, -0.2) is 23.4 Å². The highest BCUT2D eigenvalue weighted by molar-refractivity contribution is 7.98. The van der Waals surface area contributed by atoms with E-state index in [2.05, 4.69) is 10.5 Å². The van der Waals surface area contributed by atoms with Crippen molar-refractivity contribution in [2.75, 3.05) is 12.3 Å². The number of aromatic nitrogens is 1. The summed E-state index contributed by atoms with van der Waals surface area (Å²) in [5.41, 5.74) is 2.98. The average molecular weight is 415 g/mol. The summed E-state index contributed by atoms with van der Waals surface area (Å²) in [4.78, 5) is 12.2. The Labute approximate surface area is 173 Å². The molecular formula is C22H23FN2O3S. The maximum atomic E-state index is 13.6. The molecule has 0 aliphatic carbocycles. The molecular weight excluding hydrogens is 391 g/mol. The van der Waals surface area contributed by atoms with Gasteiger partial charge in [0.05, 0.1) is 11.3 Å². The van der Waals surface area contributed by atoms with Crippen molar-refractivity contribution < 1.29 is 18.4 Å². The van der Waals surface area contributed by atoms with Gasteiger partial charge in [-0.15, -0.1) is 0 Å². The molecule has 0 spiro atoms. The van der Waals surface area contributed by atoms with Gasteiger partial charge in [0.2, 0.25) is 0 Å². The van der Waals surface area contributed by atoms with Crippen LogP contribution in [-0.2, 0) is 12.4 Å². The second-order valence-corrected chi connectivity index (χ2v) is 7.62. The lowest BCUT2D eigenvalue weighted by atomic mass is 10.2. The molecule has 0 fully saturated rings. The Kier molecular flexibility index (Phi) is 7.30. The topological polar surface area (TPSA) is 64.4 Å². The van der Waals surface area contributed by atoms with Crippen molar-refractivity contribution in [1.82, 2.24) is 10.5 Å². The van der Waals surface area contributed by atoms with Gasteiger partial charge in [0, 0.05) is 23.6 Å². The third kappa shape index (κ3) is 5.84. The molecule has 1 N–H and O–H groups in total. The van der Waals surface area contributed by atoms with E-state index < -0.39 is 0 Å². The maximum absolute atomic E-state index is 13.6. The molecule has 5 nitrogen and oxygen atoms in total. The van der Waals surface area contributed by atoms with E-state index in [0.29, 0.717) is 41.5 Å². The Bertz CT molecular complexity index is 937. The summed E-state index contributed by atoms with van der Waals surface area (Å²) in [6.07, 6.45) is 0. The van der Waals surface area contributed by atoms with Gasteiger partial charge in [-0.2, -0.15) is 11.8 Å². The normalized spacial score (nSPS) is 10.7. The second-order valence-electron chi connectivity index (χ2n) is 6.52. The number of nitrogens with one attached hydrogen (secondary N) is 1. The van der Waals surface area contributed by atoms with Crippen molar-refractivity contribution in [3.8, 4) is 5.75 Å². The summed E-state index contributed by atoms with van der Waals surface area (Å²) < 4.78 is 24.4. The molecule has 3 rings (SSSR count). The molecule has 0 aliphatic rings. The molecule has 0 aliphatic heterocycles. The Hall–Kier alpha value is -2.80. The summed E-state index contributed by atoms with van der Waals surface area (Å²) in [5, 5.41) is 6.77. The molecule has 7 heteroatoms. The molecule has 152 valence electrons. The first kappa shape index (κ1) is 20.9. The van der Waals surface area contributed by atoms with E-state index in [-0.39, 0.29) is 11.7 Å². The zero-order valence-corrected chi connectivity index (χ0v) is 17.2. The van der Waals surface area contributed by atoms with E-state index in [0.717, 1.165) is 17.0 Å². The van der Waals surface area contributed by atoms with Crippen LogP contribution < -0.4 is 10.1 Å². The maximum Gasteiger partial charge on any atom is 0.251 e. The molecule has 1 heterocycles. The molecule has 1 amide bonds. The van der Waals surface area contributed by atoms with Gasteiger partial charge in [0.15, 0.2) is 0 Å². The minimum Gasteiger partial charge on any atom is -0.489 e. The standard InChI is InChI=1S/C22H23FN2O3S/c1-15-20(16(2)28-25-15)13-27-19-9-7-17(8-10-19)22(26)24-11-12-29-14-18-5-3-4-6-21(18)23/h3-10H,11-14H2,1-2H3,(H,24,26). The van der Waals surface area contributed by atoms with Gasteiger partial charge >= 0.3 is 0 Å². The van der Waals surface area contributed by atoms with E-state index in [1.165, 1.54) is 6.07 Å². The fourth-order valence-corrected chi connectivity index (χ4v) is 3.55. The first-order valence-electron chi connectivity index (χ1n) is 9.28. The number of carbonyl (C=O) groups is 1. The van der Waals surface area contributed by atoms with Crippen molar-refractivity contribution in [2.24, 2.45) is 0 Å². The van der Waals surface area contributed by atoms with Crippen LogP contribution in [0.15, 0.2) is 53.1 Å². The predicted molar refractivity (Wildman–Crippen MR) is 112 cm³/mol. The van der Waals surface area contributed by atoms with Gasteiger partial charge in [-0.3, -0.25) is 4.79 Å². The van der Waals surface area contributed by atoms with E-state index in [9.17, 15) is 9.18 Å². The van der Waals surface area contributed by atoms with Crippen LogP contribution in [0.25, 0.3) is 0 Å². The van der Waals surface area contributed by atoms with Crippen LogP contribution in [0, 0.1) is 19.7 Å². The molecule has 0 radical (unpaired) electrons. The van der Waals surface area contributed by atoms with Gasteiger partial charge in [-0.25, -0.2) is 4.39 Å². The third-order valence-corrected chi connectivity index (χ3v) is 5.44. The third-order valence-electron chi connectivity index (χ3n) is 4.43. The highest BCUT2D eigenvalue weighted by Crippen LogP contribution is 2.18. The van der Waals surface area contributed by atoms with Crippen LogP contribution in [0.1, 0.15) is 32.9 Å². The number of nitrogens with zero attached hydrogens (tertiary/aromatic N) is 1. The van der Waals surface area contributed by atoms with E-state index in [4.69, 9.17) is 9.26 Å². The number of amides is 1. The number of thioether (sulfide) groups is 1. The molecule has 2 aromatic carbocycles. The number of halogens is 1. The summed E-state index contributed by atoms with van der Waals surface area (Å²) in [6.45, 7) is 4.60. The van der Waals surface area contributed by atoms with Gasteiger partial charge in [0.25, 0.3) is 5.91 Å². The number of hydrogen-bond donors (Lipinski definition) is 1. The fourth-order valence-electron chi connectivity index (χ4n) is 2.70. The lowest BCUT2D eigenvalue weighted by molar-refractivity contribution is 0.0956. The highest BCUT2D eigenvalue weighted by Gasteiger charge is 2.10. The number of ether oxygens (including phenoxy) is 1. The molecule has 3 aromatic rings. The Balaban J connectivity index is 1.40. The van der Waals surface area contributed by atoms with Crippen LogP contribution in [0.3, 0.4) is 0 Å². The van der Waals surface area contributed by atoms with Crippen LogP contribution in [0.2, 0.25) is 0 Å². The van der Waals surface area contributed by atoms with E-state index in [1.807, 2.05) is 19.9 Å². The van der Waals surface area contributed by atoms with Crippen LogP contribution in [0.5, 0.6) is 5.75 Å². The predicted octanol–water partition coefficient (Wildman–Crippen LogP) is 4.67. The molecule has 29 heavy (non-hydrogen) atoms. The fraction of sp³-hybridized carbons (Fsp3) is 0.273. The minimum absolute atomic E-state index is 0.145. The first-order valence-corrected chi connectivity index (χ1v) is 10.4. The number of rotatable bonds is 9. The Morgan fingerprint density at radius 2 is 1.93 bits per heavy atom. The number of hydrogen-bond acceptors (Lipinski definition) is 5. The van der Waals surface area contributed by atoms with Gasteiger partial charge < -0.3 is 14.6 Å². The summed E-state index contributed by atoms with van der Waals surface area (Å²) >= 11 is 1.58. The van der Waals surface area contributed by atoms with Crippen molar-refractivity contribution in [3.63, 3.8) is 0 Å². The molecule has 0 unspecified atom stereocenters. The zero-order valence-electron chi connectivity index (χ0n) is 16.4. The van der Waals surface area contributed by atoms with E-state index >= 15 is 0 Å². The first-order chi connectivity index (χ1) is 14.0. The number of benzene rings is 2. The molecule has 0 atom stereocenters. The summed E-state index contributed by atoms with van der Waals surface area (Å²) in [6, 6.07) is 13.7. The van der Waals surface area contributed by atoms with Crippen molar-refractivity contribution in [1.29, 1.82) is 0 Å². The van der Waals surface area contributed by atoms with Gasteiger partial charge in [-0.1, -0.05) is 23.4 Å². The molecule has 0 saturated carbocycles. The number of carbonyl (C=O) groups excluding carboxylic acids is 1. The molecule has 0 bridgehead atoms. The zero-order chi connectivity index (χ0) is 20.6. The van der Waals surface area contributed by atoms with Crippen molar-refractivity contribution in [3.05, 3.63) is 82.5 Å². The van der Waals surface area contributed by atoms with Crippen molar-refractivity contribution >= 4 is 17.7 Å². The lowest BCUT2D eigenvalue weighted by Crippen LogP contribution is -2.25. The van der Waals surface area contributed by atoms with Crippen LogP contribution >= 0.6 is 11.8 Å². The number of aryl methyl sites for hydroxylation is 2. The SMILES string of the molecule is Cc1noc(C)c1COc1ccc(C(=O)NCCSCc2ccccc2F)cc1. The highest BCUT2D eigenvalue weighted by atomic mass is 32.2. The Morgan fingerprint density at radius 1 is 1.17 bits per heavy atom. The summed E-state index contributed by atoms with van der Waals surface area (Å²) in [7, 11) is 0. The van der Waals surface area contributed by atoms with E-state index in [1.54, 1.807) is 48.2 Å². The van der Waals surface area contributed by atoms with Crippen molar-refractivity contribution in [2.45, 2.75) is 26.2 Å². The smallest absolute Gasteiger partial charge is 0.251 e. The van der Waals surface area contributed by atoms with Gasteiger partial charge in [-0.05, 0) is 49.7 Å². The summed E-state index contributed by atoms with van der Waals surface area (Å²) in [5.74, 6) is 2.36. The lowest BCUT2D eigenvalue weighted by Gasteiger charge is -2.08. The molecule has 1 aromatic heterocycles. The minimum atomic E-state index is -0.194. The average Bonchev–Trinajstić information content (AvgIpc) is 3.05. The molecule has 0 saturated heterocycles. The van der Waals surface area contributed by atoms with Gasteiger partial charge in [0.1, 0.15) is 23.9 Å². The Morgan fingerprint density at radius 3 is 2.62 bits per heavy atom. The second kappa shape index (κ2) is 10.1. The largest absolute Gasteiger partial charge is 0.489 e. The van der Waals surface area contributed by atoms with Crippen LogP contribution in [0.4, 0.5) is 4.39 Å².